The molecule has 0 fully saturated rings. The molecular formula is C83H59N. The molecule has 0 N–H and O–H groups in total. The van der Waals surface area contributed by atoms with E-state index in [0.717, 1.165) is 17.1 Å². The van der Waals surface area contributed by atoms with Gasteiger partial charge in [0.2, 0.25) is 0 Å². The number of hydrogen-bond acceptors (Lipinski definition) is 1. The molecule has 0 aliphatic heterocycles. The van der Waals surface area contributed by atoms with E-state index in [1.165, 1.54) is 143 Å². The molecule has 0 radical (unpaired) electrons. The normalized spacial score (nSPS) is 14.5. The molecule has 0 saturated carbocycles. The van der Waals surface area contributed by atoms with E-state index in [1.54, 1.807) is 0 Å². The van der Waals surface area contributed by atoms with E-state index >= 15 is 0 Å². The highest BCUT2D eigenvalue weighted by Gasteiger charge is 2.46. The van der Waals surface area contributed by atoms with Crippen molar-refractivity contribution in [1.29, 1.82) is 0 Å². The molecule has 0 bridgehead atoms. The Hall–Kier alpha value is -10.1. The topological polar surface area (TPSA) is 3.24 Å². The predicted molar refractivity (Wildman–Crippen MR) is 354 cm³/mol. The number of hydrogen-bond donors (Lipinski definition) is 0. The van der Waals surface area contributed by atoms with Gasteiger partial charge in [0, 0.05) is 27.9 Å². The Bertz CT molecular complexity index is 4920. The predicted octanol–water partition coefficient (Wildman–Crippen LogP) is 22.1. The number of fused-ring (bicyclic) bond motifs is 15. The van der Waals surface area contributed by atoms with Gasteiger partial charge in [0.05, 0.1) is 5.41 Å². The second-order valence-electron chi connectivity index (χ2n) is 24.7. The monoisotopic (exact) mass is 1070 g/mol. The van der Waals surface area contributed by atoms with Crippen molar-refractivity contribution in [2.45, 2.75) is 43.9 Å². The van der Waals surface area contributed by atoms with Crippen molar-refractivity contribution in [3.63, 3.8) is 0 Å². The second kappa shape index (κ2) is 18.0. The van der Waals surface area contributed by atoms with Crippen LogP contribution in [0.15, 0.2) is 285 Å². The lowest BCUT2D eigenvalue weighted by molar-refractivity contribution is 0.660. The molecule has 0 atom stereocenters. The number of benzene rings is 14. The molecule has 0 aromatic heterocycles. The van der Waals surface area contributed by atoms with Gasteiger partial charge < -0.3 is 4.90 Å². The van der Waals surface area contributed by atoms with Gasteiger partial charge in [-0.1, -0.05) is 258 Å². The minimum atomic E-state index is -0.446. The lowest BCUT2D eigenvalue weighted by Gasteiger charge is -2.34. The maximum absolute atomic E-state index is 2.49. The molecule has 3 aliphatic carbocycles. The number of rotatable bonds is 7. The van der Waals surface area contributed by atoms with Crippen LogP contribution in [0.4, 0.5) is 17.1 Å². The molecule has 17 rings (SSSR count). The van der Waals surface area contributed by atoms with Gasteiger partial charge in [-0.15, -0.1) is 0 Å². The highest BCUT2D eigenvalue weighted by molar-refractivity contribution is 6.24. The fourth-order valence-corrected chi connectivity index (χ4v) is 15.7. The smallest absolute Gasteiger partial charge is 0.0713 e. The van der Waals surface area contributed by atoms with Crippen LogP contribution in [0, 0.1) is 0 Å². The fourth-order valence-electron chi connectivity index (χ4n) is 15.7. The first-order valence-corrected chi connectivity index (χ1v) is 29.7. The van der Waals surface area contributed by atoms with Gasteiger partial charge in [0.15, 0.2) is 0 Å². The summed E-state index contributed by atoms with van der Waals surface area (Å²) in [6.07, 6.45) is 0. The summed E-state index contributed by atoms with van der Waals surface area (Å²) in [5.41, 5.74) is 26.3. The zero-order chi connectivity index (χ0) is 56.1. The summed E-state index contributed by atoms with van der Waals surface area (Å²) in [5, 5.41) is 9.92. The summed E-state index contributed by atoms with van der Waals surface area (Å²) in [4.78, 5) is 2.49. The van der Waals surface area contributed by atoms with Crippen molar-refractivity contribution in [3.8, 4) is 55.6 Å². The van der Waals surface area contributed by atoms with Crippen molar-refractivity contribution in [3.05, 3.63) is 330 Å². The van der Waals surface area contributed by atoms with Gasteiger partial charge in [0.1, 0.15) is 0 Å². The van der Waals surface area contributed by atoms with Crippen molar-refractivity contribution in [1.82, 2.24) is 0 Å². The van der Waals surface area contributed by atoms with Crippen LogP contribution in [0.1, 0.15) is 72.2 Å². The van der Waals surface area contributed by atoms with E-state index in [0.29, 0.717) is 0 Å². The van der Waals surface area contributed by atoms with Gasteiger partial charge in [-0.25, -0.2) is 0 Å². The van der Waals surface area contributed by atoms with Crippen LogP contribution >= 0.6 is 0 Å². The van der Waals surface area contributed by atoms with Crippen LogP contribution < -0.4 is 4.90 Å². The maximum Gasteiger partial charge on any atom is 0.0713 e. The molecular weight excluding hydrogens is 1010 g/mol. The molecule has 0 saturated heterocycles. The molecule has 0 amide bonds. The van der Waals surface area contributed by atoms with Crippen LogP contribution in [-0.2, 0) is 16.2 Å². The van der Waals surface area contributed by atoms with Gasteiger partial charge in [0.25, 0.3) is 0 Å². The maximum atomic E-state index is 2.49. The van der Waals surface area contributed by atoms with Gasteiger partial charge in [-0.05, 0) is 198 Å². The third kappa shape index (κ3) is 6.84. The van der Waals surface area contributed by atoms with Gasteiger partial charge >= 0.3 is 0 Å². The van der Waals surface area contributed by atoms with E-state index in [9.17, 15) is 0 Å². The Morgan fingerprint density at radius 1 is 0.226 bits per heavy atom. The zero-order valence-corrected chi connectivity index (χ0v) is 47.6. The van der Waals surface area contributed by atoms with Crippen LogP contribution in [0.2, 0.25) is 0 Å². The summed E-state index contributed by atoms with van der Waals surface area (Å²) in [6.45, 7) is 9.51. The van der Waals surface area contributed by atoms with Crippen molar-refractivity contribution >= 4 is 60.2 Å². The largest absolute Gasteiger partial charge is 0.310 e. The lowest BCUT2D eigenvalue weighted by Crippen LogP contribution is -2.28. The van der Waals surface area contributed by atoms with Crippen LogP contribution in [0.5, 0.6) is 0 Å². The zero-order valence-electron chi connectivity index (χ0n) is 47.6. The summed E-state index contributed by atoms with van der Waals surface area (Å²) >= 11 is 0. The molecule has 84 heavy (non-hydrogen) atoms. The van der Waals surface area contributed by atoms with E-state index in [2.05, 4.69) is 318 Å². The number of anilines is 3. The van der Waals surface area contributed by atoms with Crippen molar-refractivity contribution in [2.24, 2.45) is 0 Å². The third-order valence-electron chi connectivity index (χ3n) is 19.7. The summed E-state index contributed by atoms with van der Waals surface area (Å²) in [6, 6.07) is 108. The highest BCUT2D eigenvalue weighted by Crippen LogP contribution is 2.57. The highest BCUT2D eigenvalue weighted by atomic mass is 15.1. The Labute approximate surface area is 491 Å². The molecule has 1 nitrogen and oxygen atoms in total. The average Bonchev–Trinajstić information content (AvgIpc) is 1.59. The van der Waals surface area contributed by atoms with Crippen molar-refractivity contribution in [2.75, 3.05) is 4.90 Å². The Morgan fingerprint density at radius 2 is 0.595 bits per heavy atom. The van der Waals surface area contributed by atoms with E-state index in [-0.39, 0.29) is 10.8 Å². The minimum absolute atomic E-state index is 0.132. The molecule has 14 aromatic carbocycles. The molecule has 396 valence electrons. The quantitative estimate of drug-likeness (QED) is 0.144. The summed E-state index contributed by atoms with van der Waals surface area (Å²) in [7, 11) is 0. The van der Waals surface area contributed by atoms with E-state index in [4.69, 9.17) is 0 Å². The van der Waals surface area contributed by atoms with Crippen LogP contribution in [-0.4, -0.2) is 0 Å². The first-order valence-electron chi connectivity index (χ1n) is 29.7. The average molecular weight is 1070 g/mol. The Morgan fingerprint density at radius 3 is 1.13 bits per heavy atom. The van der Waals surface area contributed by atoms with Gasteiger partial charge in [-0.2, -0.15) is 0 Å². The standard InChI is InChI=1S/C83H59N/c1-81(2)75-30-16-12-26-65(75)69-44-42-59(48-79(69)81)84(60-43-45-70-66-27-13-17-31-76(66)82(3,4)80(70)49-60)58-41-38-53-46-55(35-34-54(53)47-58)72-51-74-63-24-10-8-22-61(63)71(50-73(74)64-25-11-9-23-62(64)72)52-36-39-57(40-37-52)83(56-20-6-5-7-21-56)77-32-18-14-28-67(77)68-29-15-19-33-78(68)83/h5-51H,1-4H3. The second-order valence-corrected chi connectivity index (χ2v) is 24.7. The fraction of sp³-hybridized carbons (Fsp3) is 0.0843. The lowest BCUT2D eigenvalue weighted by atomic mass is 9.67. The van der Waals surface area contributed by atoms with Crippen LogP contribution in [0.3, 0.4) is 0 Å². The van der Waals surface area contributed by atoms with Crippen LogP contribution in [0.25, 0.3) is 98.7 Å². The first-order chi connectivity index (χ1) is 41.2. The molecule has 0 unspecified atom stereocenters. The minimum Gasteiger partial charge on any atom is -0.310 e. The molecule has 1 heteroatoms. The Kier molecular flexibility index (Phi) is 10.4. The molecule has 3 aliphatic rings. The van der Waals surface area contributed by atoms with Crippen molar-refractivity contribution < 1.29 is 0 Å². The molecule has 0 spiro atoms. The van der Waals surface area contributed by atoms with E-state index < -0.39 is 5.41 Å². The van der Waals surface area contributed by atoms with E-state index in [1.807, 2.05) is 0 Å². The SMILES string of the molecule is CC1(C)c2ccccc2-c2ccc(N(c3ccc4c(c3)C(C)(C)c3ccccc3-4)c3ccc4cc(-c5cc6c7ccccc7c(-c7ccc(C8(c9ccccc9)c9ccccc9-c9ccccc98)cc7)cc6c6ccccc56)ccc4c3)cc21. The first kappa shape index (κ1) is 48.6. The molecule has 0 heterocycles. The summed E-state index contributed by atoms with van der Waals surface area (Å²) < 4.78 is 0. The van der Waals surface area contributed by atoms with Gasteiger partial charge in [-0.3, -0.25) is 0 Å². The third-order valence-corrected chi connectivity index (χ3v) is 19.7. The Balaban J connectivity index is 0.779. The molecule has 14 aromatic rings. The summed E-state index contributed by atoms with van der Waals surface area (Å²) in [5.74, 6) is 0. The number of nitrogens with zero attached hydrogens (tertiary/aromatic N) is 1.